The summed E-state index contributed by atoms with van der Waals surface area (Å²) in [6.45, 7) is 6.93. The van der Waals surface area contributed by atoms with Crippen molar-refractivity contribution in [2.75, 3.05) is 11.1 Å². The van der Waals surface area contributed by atoms with Gasteiger partial charge in [0.25, 0.3) is 0 Å². The Kier molecular flexibility index (Phi) is 4.84. The van der Waals surface area contributed by atoms with Crippen LogP contribution in [0.2, 0.25) is 0 Å². The van der Waals surface area contributed by atoms with Crippen molar-refractivity contribution in [2.45, 2.75) is 32.5 Å². The maximum absolute atomic E-state index is 12.0. The van der Waals surface area contributed by atoms with E-state index in [1.54, 1.807) is 6.20 Å². The number of rotatable bonds is 5. The van der Waals surface area contributed by atoms with E-state index in [0.29, 0.717) is 5.75 Å². The van der Waals surface area contributed by atoms with Crippen LogP contribution in [-0.4, -0.2) is 21.2 Å². The molecule has 0 aliphatic rings. The second-order valence-corrected chi connectivity index (χ2v) is 5.59. The van der Waals surface area contributed by atoms with E-state index in [2.05, 4.69) is 17.2 Å². The summed E-state index contributed by atoms with van der Waals surface area (Å²) in [7, 11) is 0. The zero-order valence-electron chi connectivity index (χ0n) is 12.0. The van der Waals surface area contributed by atoms with Crippen LogP contribution in [0.15, 0.2) is 35.7 Å². The van der Waals surface area contributed by atoms with Gasteiger partial charge in [-0.3, -0.25) is 4.79 Å². The van der Waals surface area contributed by atoms with Gasteiger partial charge in [-0.25, -0.2) is 4.98 Å². The lowest BCUT2D eigenvalue weighted by Gasteiger charge is -2.09. The molecule has 0 saturated heterocycles. The first-order valence-corrected chi connectivity index (χ1v) is 7.59. The zero-order chi connectivity index (χ0) is 14.5. The maximum atomic E-state index is 12.0. The summed E-state index contributed by atoms with van der Waals surface area (Å²) in [4.78, 5) is 16.2. The Hall–Kier alpha value is -1.75. The number of benzene rings is 1. The summed E-state index contributed by atoms with van der Waals surface area (Å²) in [6, 6.07) is 6.05. The van der Waals surface area contributed by atoms with Crippen LogP contribution in [0.5, 0.6) is 0 Å². The molecule has 2 aromatic rings. The number of carbonyl (C=O) groups excluding carboxylic acids is 1. The summed E-state index contributed by atoms with van der Waals surface area (Å²) in [5.41, 5.74) is 3.10. The van der Waals surface area contributed by atoms with Crippen molar-refractivity contribution in [1.82, 2.24) is 9.55 Å². The van der Waals surface area contributed by atoms with Gasteiger partial charge < -0.3 is 9.88 Å². The number of aromatic nitrogens is 2. The predicted octanol–water partition coefficient (Wildman–Crippen LogP) is 3.25. The minimum Gasteiger partial charge on any atom is -0.326 e. The second-order valence-electron chi connectivity index (χ2n) is 4.65. The third-order valence-corrected chi connectivity index (χ3v) is 4.02. The van der Waals surface area contributed by atoms with E-state index in [9.17, 15) is 4.79 Å². The molecule has 0 saturated carbocycles. The molecule has 0 aliphatic carbocycles. The van der Waals surface area contributed by atoms with E-state index in [4.69, 9.17) is 0 Å². The van der Waals surface area contributed by atoms with E-state index in [1.165, 1.54) is 11.8 Å². The predicted molar refractivity (Wildman–Crippen MR) is 83.2 cm³/mol. The molecule has 1 N–H and O–H groups in total. The number of hydrogen-bond acceptors (Lipinski definition) is 3. The summed E-state index contributed by atoms with van der Waals surface area (Å²) in [6.07, 6.45) is 3.68. The molecule has 0 unspecified atom stereocenters. The average Bonchev–Trinajstić information content (AvgIpc) is 2.88. The van der Waals surface area contributed by atoms with Crippen LogP contribution in [0.4, 0.5) is 5.69 Å². The highest BCUT2D eigenvalue weighted by Crippen LogP contribution is 2.19. The number of nitrogens with zero attached hydrogens (tertiary/aromatic N) is 2. The van der Waals surface area contributed by atoms with Crippen molar-refractivity contribution in [3.05, 3.63) is 41.7 Å². The fourth-order valence-corrected chi connectivity index (χ4v) is 2.69. The van der Waals surface area contributed by atoms with Gasteiger partial charge in [0, 0.05) is 24.6 Å². The van der Waals surface area contributed by atoms with Gasteiger partial charge >= 0.3 is 0 Å². The van der Waals surface area contributed by atoms with Crippen molar-refractivity contribution in [3.8, 4) is 0 Å². The van der Waals surface area contributed by atoms with Crippen molar-refractivity contribution in [3.63, 3.8) is 0 Å². The van der Waals surface area contributed by atoms with Gasteiger partial charge in [-0.2, -0.15) is 0 Å². The number of thioether (sulfide) groups is 1. The van der Waals surface area contributed by atoms with Gasteiger partial charge in [-0.15, -0.1) is 0 Å². The molecule has 1 amide bonds. The molecule has 20 heavy (non-hydrogen) atoms. The fourth-order valence-electron chi connectivity index (χ4n) is 1.86. The van der Waals surface area contributed by atoms with E-state index >= 15 is 0 Å². The van der Waals surface area contributed by atoms with Gasteiger partial charge in [0.15, 0.2) is 5.16 Å². The van der Waals surface area contributed by atoms with Crippen molar-refractivity contribution in [1.29, 1.82) is 0 Å². The van der Waals surface area contributed by atoms with Gasteiger partial charge in [0.2, 0.25) is 5.91 Å². The molecule has 1 heterocycles. The summed E-state index contributed by atoms with van der Waals surface area (Å²) in [5.74, 6) is 0.360. The molecule has 106 valence electrons. The molecule has 0 radical (unpaired) electrons. The number of hydrogen-bond donors (Lipinski definition) is 1. The number of anilines is 1. The molecule has 0 fully saturated rings. The lowest BCUT2D eigenvalue weighted by Crippen LogP contribution is -2.15. The smallest absolute Gasteiger partial charge is 0.234 e. The van der Waals surface area contributed by atoms with Crippen LogP contribution in [0.3, 0.4) is 0 Å². The molecule has 0 atom stereocenters. The lowest BCUT2D eigenvalue weighted by atomic mass is 10.1. The third kappa shape index (κ3) is 3.63. The van der Waals surface area contributed by atoms with Gasteiger partial charge in [0.1, 0.15) is 0 Å². The Morgan fingerprint density at radius 1 is 1.40 bits per heavy atom. The number of carbonyl (C=O) groups is 1. The van der Waals surface area contributed by atoms with Crippen LogP contribution >= 0.6 is 11.8 Å². The number of imidazole rings is 1. The van der Waals surface area contributed by atoms with E-state index in [0.717, 1.165) is 28.5 Å². The fraction of sp³-hybridized carbons (Fsp3) is 0.333. The normalized spacial score (nSPS) is 10.6. The van der Waals surface area contributed by atoms with Crippen LogP contribution in [0.25, 0.3) is 0 Å². The van der Waals surface area contributed by atoms with Gasteiger partial charge in [-0.1, -0.05) is 23.9 Å². The minimum atomic E-state index is -0.00523. The highest BCUT2D eigenvalue weighted by molar-refractivity contribution is 7.99. The molecule has 0 aliphatic heterocycles. The topological polar surface area (TPSA) is 46.9 Å². The molecule has 2 rings (SSSR count). The Bertz CT molecular complexity index is 607. The first-order valence-electron chi connectivity index (χ1n) is 6.61. The maximum Gasteiger partial charge on any atom is 0.234 e. The van der Waals surface area contributed by atoms with Gasteiger partial charge in [-0.05, 0) is 38.0 Å². The van der Waals surface area contributed by atoms with Crippen molar-refractivity contribution >= 4 is 23.4 Å². The first-order chi connectivity index (χ1) is 9.60. The Morgan fingerprint density at radius 3 is 2.95 bits per heavy atom. The monoisotopic (exact) mass is 289 g/mol. The quantitative estimate of drug-likeness (QED) is 0.859. The van der Waals surface area contributed by atoms with Crippen LogP contribution in [-0.2, 0) is 11.3 Å². The molecular weight excluding hydrogens is 270 g/mol. The van der Waals surface area contributed by atoms with E-state index in [-0.39, 0.29) is 5.91 Å². The minimum absolute atomic E-state index is 0.00523. The van der Waals surface area contributed by atoms with Crippen molar-refractivity contribution in [2.24, 2.45) is 0 Å². The second kappa shape index (κ2) is 6.61. The Labute approximate surface area is 123 Å². The average molecular weight is 289 g/mol. The Morgan fingerprint density at radius 2 is 2.20 bits per heavy atom. The van der Waals surface area contributed by atoms with Crippen molar-refractivity contribution < 1.29 is 4.79 Å². The molecule has 0 spiro atoms. The number of nitrogens with one attached hydrogen (secondary N) is 1. The highest BCUT2D eigenvalue weighted by atomic mass is 32.2. The lowest BCUT2D eigenvalue weighted by molar-refractivity contribution is -0.113. The molecule has 1 aromatic carbocycles. The largest absolute Gasteiger partial charge is 0.326 e. The standard InChI is InChI=1S/C15H19N3OS/c1-4-18-8-7-16-15(18)20-10-14(19)17-13-9-11(2)5-6-12(13)3/h5-9H,4,10H2,1-3H3,(H,17,19). The molecule has 5 heteroatoms. The van der Waals surface area contributed by atoms with Crippen LogP contribution in [0, 0.1) is 13.8 Å². The van der Waals surface area contributed by atoms with E-state index in [1.807, 2.05) is 42.8 Å². The molecule has 1 aromatic heterocycles. The molecular formula is C15H19N3OS. The first kappa shape index (κ1) is 14.7. The summed E-state index contributed by atoms with van der Waals surface area (Å²) in [5, 5.41) is 3.83. The van der Waals surface area contributed by atoms with Crippen LogP contribution in [0.1, 0.15) is 18.1 Å². The summed E-state index contributed by atoms with van der Waals surface area (Å²) < 4.78 is 2.02. The number of amides is 1. The molecule has 4 nitrogen and oxygen atoms in total. The van der Waals surface area contributed by atoms with E-state index < -0.39 is 0 Å². The summed E-state index contributed by atoms with van der Waals surface area (Å²) >= 11 is 1.46. The SMILES string of the molecule is CCn1ccnc1SCC(=O)Nc1cc(C)ccc1C. The zero-order valence-corrected chi connectivity index (χ0v) is 12.8. The highest BCUT2D eigenvalue weighted by Gasteiger charge is 2.08. The number of aryl methyl sites for hydroxylation is 3. The van der Waals surface area contributed by atoms with Crippen LogP contribution < -0.4 is 5.32 Å². The Balaban J connectivity index is 1.94. The van der Waals surface area contributed by atoms with Gasteiger partial charge in [0.05, 0.1) is 5.75 Å². The third-order valence-electron chi connectivity index (χ3n) is 3.02. The molecule has 0 bridgehead atoms.